The Balaban J connectivity index is 1.57. The van der Waals surface area contributed by atoms with Gasteiger partial charge in [-0.15, -0.1) is 6.58 Å². The standard InChI is InChI=1S/C28H34/c1-2-3-11-21-16-17-22(20-21)28(18-9-4-10-19-28)27-25-14-7-5-12-23(25)24-13-6-8-15-26(24)27/h2,5-8,12-15,21-22,27H,1,3-4,9-11,16-20H2. The van der Waals surface area contributed by atoms with E-state index in [0.29, 0.717) is 11.3 Å². The molecule has 2 aromatic carbocycles. The molecule has 0 N–H and O–H groups in total. The van der Waals surface area contributed by atoms with E-state index < -0.39 is 0 Å². The number of fused-ring (bicyclic) bond motifs is 3. The monoisotopic (exact) mass is 370 g/mol. The highest BCUT2D eigenvalue weighted by Crippen LogP contribution is 2.63. The summed E-state index contributed by atoms with van der Waals surface area (Å²) in [6, 6.07) is 18.6. The molecule has 0 amide bonds. The minimum absolute atomic E-state index is 0.476. The summed E-state index contributed by atoms with van der Waals surface area (Å²) in [7, 11) is 0. The van der Waals surface area contributed by atoms with Crippen LogP contribution in [0.2, 0.25) is 0 Å². The van der Waals surface area contributed by atoms with Gasteiger partial charge in [0.25, 0.3) is 0 Å². The van der Waals surface area contributed by atoms with Gasteiger partial charge >= 0.3 is 0 Å². The van der Waals surface area contributed by atoms with Gasteiger partial charge in [0.15, 0.2) is 0 Å². The van der Waals surface area contributed by atoms with Gasteiger partial charge in [0.05, 0.1) is 0 Å². The quantitative estimate of drug-likeness (QED) is 0.466. The van der Waals surface area contributed by atoms with Crippen LogP contribution < -0.4 is 0 Å². The number of rotatable bonds is 5. The largest absolute Gasteiger partial charge is 0.103 e. The van der Waals surface area contributed by atoms with Crippen molar-refractivity contribution >= 4 is 0 Å². The first kappa shape index (κ1) is 18.2. The number of hydrogen-bond acceptors (Lipinski definition) is 0. The van der Waals surface area contributed by atoms with Crippen LogP contribution in [0.15, 0.2) is 61.2 Å². The van der Waals surface area contributed by atoms with Crippen molar-refractivity contribution in [3.8, 4) is 11.1 Å². The summed E-state index contributed by atoms with van der Waals surface area (Å²) in [5, 5.41) is 0. The Morgan fingerprint density at radius 1 is 0.857 bits per heavy atom. The van der Waals surface area contributed by atoms with Crippen molar-refractivity contribution in [3.05, 3.63) is 72.3 Å². The van der Waals surface area contributed by atoms with Crippen molar-refractivity contribution in [1.29, 1.82) is 0 Å². The molecular weight excluding hydrogens is 336 g/mol. The number of benzene rings is 2. The SMILES string of the molecule is C=CCCC1CCC(C2(C3c4ccccc4-c4ccccc43)CCCCC2)C1. The molecule has 0 saturated heterocycles. The fraction of sp³-hybridized carbons (Fsp3) is 0.500. The molecule has 0 radical (unpaired) electrons. The lowest BCUT2D eigenvalue weighted by atomic mass is 9.56. The third-order valence-corrected chi connectivity index (χ3v) is 8.33. The second-order valence-corrected chi connectivity index (χ2v) is 9.64. The molecule has 3 aliphatic carbocycles. The van der Waals surface area contributed by atoms with Gasteiger partial charge in [0.1, 0.15) is 0 Å². The zero-order valence-electron chi connectivity index (χ0n) is 17.2. The predicted molar refractivity (Wildman–Crippen MR) is 120 cm³/mol. The maximum Gasteiger partial charge on any atom is 0.0161 e. The van der Waals surface area contributed by atoms with Crippen molar-refractivity contribution in [2.45, 2.75) is 70.1 Å². The molecule has 0 heteroatoms. The Kier molecular flexibility index (Phi) is 4.91. The van der Waals surface area contributed by atoms with Crippen molar-refractivity contribution in [3.63, 3.8) is 0 Å². The highest BCUT2D eigenvalue weighted by Gasteiger charge is 2.51. The molecular formula is C28H34. The molecule has 0 aromatic heterocycles. The first-order valence-corrected chi connectivity index (χ1v) is 11.6. The van der Waals surface area contributed by atoms with Crippen molar-refractivity contribution in [2.24, 2.45) is 17.3 Å². The Labute approximate surface area is 171 Å². The van der Waals surface area contributed by atoms with Crippen LogP contribution in [0.3, 0.4) is 0 Å². The minimum atomic E-state index is 0.476. The molecule has 0 heterocycles. The molecule has 0 spiro atoms. The topological polar surface area (TPSA) is 0 Å². The van der Waals surface area contributed by atoms with Gasteiger partial charge in [0.2, 0.25) is 0 Å². The fourth-order valence-electron chi connectivity index (χ4n) is 7.13. The van der Waals surface area contributed by atoms with E-state index >= 15 is 0 Å². The lowest BCUT2D eigenvalue weighted by Crippen LogP contribution is -2.38. The van der Waals surface area contributed by atoms with Crippen LogP contribution in [0.1, 0.15) is 81.3 Å². The summed E-state index contributed by atoms with van der Waals surface area (Å²) in [5.41, 5.74) is 6.74. The second kappa shape index (κ2) is 7.54. The Morgan fingerprint density at radius 2 is 1.50 bits per heavy atom. The Bertz CT molecular complexity index is 793. The zero-order valence-corrected chi connectivity index (χ0v) is 17.2. The summed E-state index contributed by atoms with van der Waals surface area (Å²) in [6.45, 7) is 3.96. The van der Waals surface area contributed by atoms with Crippen LogP contribution >= 0.6 is 0 Å². The molecule has 2 atom stereocenters. The van der Waals surface area contributed by atoms with E-state index in [0.717, 1.165) is 11.8 Å². The first-order valence-electron chi connectivity index (χ1n) is 11.6. The van der Waals surface area contributed by atoms with Gasteiger partial charge in [-0.2, -0.15) is 0 Å². The smallest absolute Gasteiger partial charge is 0.0161 e. The van der Waals surface area contributed by atoms with Crippen LogP contribution in [0, 0.1) is 17.3 Å². The highest BCUT2D eigenvalue weighted by atomic mass is 14.5. The van der Waals surface area contributed by atoms with Gasteiger partial charge in [0, 0.05) is 5.92 Å². The molecule has 2 fully saturated rings. The van der Waals surface area contributed by atoms with E-state index in [9.17, 15) is 0 Å². The second-order valence-electron chi connectivity index (χ2n) is 9.64. The lowest BCUT2D eigenvalue weighted by molar-refractivity contribution is 0.0760. The molecule has 0 bridgehead atoms. The Hall–Kier alpha value is -1.82. The average Bonchev–Trinajstić information content (AvgIpc) is 3.36. The summed E-state index contributed by atoms with van der Waals surface area (Å²) >= 11 is 0. The molecule has 28 heavy (non-hydrogen) atoms. The van der Waals surface area contributed by atoms with Gasteiger partial charge in [-0.1, -0.05) is 80.3 Å². The first-order chi connectivity index (χ1) is 13.8. The fourth-order valence-corrected chi connectivity index (χ4v) is 7.13. The van der Waals surface area contributed by atoms with E-state index in [1.165, 1.54) is 75.3 Å². The van der Waals surface area contributed by atoms with Crippen molar-refractivity contribution in [2.75, 3.05) is 0 Å². The normalized spacial score (nSPS) is 26.0. The number of hydrogen-bond donors (Lipinski definition) is 0. The summed E-state index contributed by atoms with van der Waals surface area (Å²) in [5.74, 6) is 2.43. The van der Waals surface area contributed by atoms with E-state index in [-0.39, 0.29) is 0 Å². The maximum absolute atomic E-state index is 3.96. The summed E-state index contributed by atoms with van der Waals surface area (Å²) in [6.07, 6.45) is 16.2. The minimum Gasteiger partial charge on any atom is -0.103 e. The molecule has 146 valence electrons. The number of allylic oxidation sites excluding steroid dienone is 1. The molecule has 2 saturated carbocycles. The highest BCUT2D eigenvalue weighted by molar-refractivity contribution is 5.79. The Morgan fingerprint density at radius 3 is 2.14 bits per heavy atom. The summed E-state index contributed by atoms with van der Waals surface area (Å²) < 4.78 is 0. The zero-order chi connectivity index (χ0) is 19.0. The van der Waals surface area contributed by atoms with E-state index in [1.807, 2.05) is 0 Å². The lowest BCUT2D eigenvalue weighted by Gasteiger charge is -2.48. The summed E-state index contributed by atoms with van der Waals surface area (Å²) in [4.78, 5) is 0. The molecule has 2 aromatic rings. The van der Waals surface area contributed by atoms with Crippen LogP contribution in [-0.4, -0.2) is 0 Å². The third-order valence-electron chi connectivity index (χ3n) is 8.33. The molecule has 0 nitrogen and oxygen atoms in total. The molecule has 5 rings (SSSR count). The van der Waals surface area contributed by atoms with Crippen LogP contribution in [0.4, 0.5) is 0 Å². The van der Waals surface area contributed by atoms with Crippen LogP contribution in [0.5, 0.6) is 0 Å². The average molecular weight is 371 g/mol. The third kappa shape index (κ3) is 2.88. The van der Waals surface area contributed by atoms with Gasteiger partial charge in [-0.3, -0.25) is 0 Å². The van der Waals surface area contributed by atoms with E-state index in [4.69, 9.17) is 0 Å². The van der Waals surface area contributed by atoms with Crippen molar-refractivity contribution < 1.29 is 0 Å². The molecule has 0 aliphatic heterocycles. The van der Waals surface area contributed by atoms with E-state index in [2.05, 4.69) is 61.2 Å². The molecule has 2 unspecified atom stereocenters. The van der Waals surface area contributed by atoms with Gasteiger partial charge < -0.3 is 0 Å². The van der Waals surface area contributed by atoms with Crippen LogP contribution in [0.25, 0.3) is 11.1 Å². The van der Waals surface area contributed by atoms with Gasteiger partial charge in [-0.05, 0) is 78.0 Å². The van der Waals surface area contributed by atoms with Crippen LogP contribution in [-0.2, 0) is 0 Å². The predicted octanol–water partition coefficient (Wildman–Crippen LogP) is 8.13. The van der Waals surface area contributed by atoms with Gasteiger partial charge in [-0.25, -0.2) is 0 Å². The van der Waals surface area contributed by atoms with Crippen molar-refractivity contribution in [1.82, 2.24) is 0 Å². The maximum atomic E-state index is 3.96. The van der Waals surface area contributed by atoms with E-state index in [1.54, 1.807) is 11.1 Å². The molecule has 3 aliphatic rings.